The van der Waals surface area contributed by atoms with Gasteiger partial charge in [0.2, 0.25) is 15.0 Å². The Hall–Kier alpha value is -3.47. The monoisotopic (exact) mass is 419 g/mol. The molecule has 0 saturated carbocycles. The van der Waals surface area contributed by atoms with Gasteiger partial charge in [0.25, 0.3) is 0 Å². The Kier molecular flexibility index (Phi) is 4.26. The fourth-order valence-corrected chi connectivity index (χ4v) is 3.32. The van der Waals surface area contributed by atoms with Crippen molar-refractivity contribution in [2.45, 2.75) is 5.16 Å². The average molecular weight is 419 g/mol. The van der Waals surface area contributed by atoms with E-state index in [9.17, 15) is 21.6 Å². The number of hydrogen-bond donors (Lipinski definition) is 1. The van der Waals surface area contributed by atoms with Gasteiger partial charge in [0.15, 0.2) is 5.65 Å². The topological polar surface area (TPSA) is 104 Å². The predicted octanol–water partition coefficient (Wildman–Crippen LogP) is 2.89. The molecule has 0 aliphatic heterocycles. The van der Waals surface area contributed by atoms with E-state index in [-0.39, 0.29) is 28.1 Å². The van der Waals surface area contributed by atoms with Gasteiger partial charge in [0.1, 0.15) is 23.3 Å². The van der Waals surface area contributed by atoms with Gasteiger partial charge in [0.05, 0.1) is 16.8 Å². The highest BCUT2D eigenvalue weighted by Crippen LogP contribution is 2.34. The number of hydrogen-bond acceptors (Lipinski definition) is 6. The number of nitrogen functional groups attached to an aromatic ring is 1. The number of benzene rings is 2. The molecule has 2 aromatic heterocycles. The molecule has 0 aliphatic carbocycles. The third-order valence-electron chi connectivity index (χ3n) is 4.13. The Balaban J connectivity index is 2.10. The Morgan fingerprint density at radius 1 is 0.966 bits per heavy atom. The van der Waals surface area contributed by atoms with Crippen LogP contribution in [0.5, 0.6) is 0 Å². The predicted molar refractivity (Wildman–Crippen MR) is 99.5 cm³/mol. The summed E-state index contributed by atoms with van der Waals surface area (Å²) in [5.74, 6) is -2.12. The molecule has 2 heterocycles. The van der Waals surface area contributed by atoms with Crippen LogP contribution in [0.3, 0.4) is 0 Å². The van der Waals surface area contributed by atoms with Crippen LogP contribution in [-0.2, 0) is 9.84 Å². The van der Waals surface area contributed by atoms with Crippen molar-refractivity contribution in [1.82, 2.24) is 19.7 Å². The summed E-state index contributed by atoms with van der Waals surface area (Å²) in [5, 5.41) is 3.58. The SMILES string of the molecule is CS(=O)(=O)c1nc(-c2cc(F)ccc2F)c2c(N)n(-c3ccc(F)cc3)nc2n1. The first kappa shape index (κ1) is 18.9. The van der Waals surface area contributed by atoms with E-state index in [2.05, 4.69) is 15.1 Å². The van der Waals surface area contributed by atoms with Crippen molar-refractivity contribution in [3.63, 3.8) is 0 Å². The zero-order chi connectivity index (χ0) is 20.9. The number of rotatable bonds is 3. The van der Waals surface area contributed by atoms with Gasteiger partial charge in [-0.05, 0) is 42.5 Å². The van der Waals surface area contributed by atoms with Crippen LogP contribution < -0.4 is 5.73 Å². The normalized spacial score (nSPS) is 11.9. The third-order valence-corrected chi connectivity index (χ3v) is 4.98. The quantitative estimate of drug-likeness (QED) is 0.512. The molecule has 2 aromatic carbocycles. The number of nitrogens with two attached hydrogens (primary N) is 1. The summed E-state index contributed by atoms with van der Waals surface area (Å²) in [7, 11) is -3.90. The first-order chi connectivity index (χ1) is 13.6. The largest absolute Gasteiger partial charge is 0.383 e. The Morgan fingerprint density at radius 3 is 2.28 bits per heavy atom. The van der Waals surface area contributed by atoms with Crippen LogP contribution in [0.2, 0.25) is 0 Å². The molecule has 0 atom stereocenters. The van der Waals surface area contributed by atoms with Crippen LogP contribution in [0.4, 0.5) is 19.0 Å². The molecule has 7 nitrogen and oxygen atoms in total. The summed E-state index contributed by atoms with van der Waals surface area (Å²) in [6.45, 7) is 0. The zero-order valence-corrected chi connectivity index (χ0v) is 15.6. The van der Waals surface area contributed by atoms with Crippen molar-refractivity contribution in [1.29, 1.82) is 0 Å². The number of sulfone groups is 1. The lowest BCUT2D eigenvalue weighted by atomic mass is 10.1. The molecule has 11 heteroatoms. The maximum absolute atomic E-state index is 14.4. The Morgan fingerprint density at radius 2 is 1.62 bits per heavy atom. The number of nitrogens with zero attached hydrogens (tertiary/aromatic N) is 4. The van der Waals surface area contributed by atoms with E-state index < -0.39 is 32.4 Å². The summed E-state index contributed by atoms with van der Waals surface area (Å²) >= 11 is 0. The second-order valence-electron chi connectivity index (χ2n) is 6.22. The highest BCUT2D eigenvalue weighted by Gasteiger charge is 2.24. The first-order valence-electron chi connectivity index (χ1n) is 8.13. The summed E-state index contributed by atoms with van der Waals surface area (Å²) in [6.07, 6.45) is 0.875. The maximum atomic E-state index is 14.4. The minimum atomic E-state index is -3.90. The number of anilines is 1. The molecule has 0 bridgehead atoms. The van der Waals surface area contributed by atoms with Gasteiger partial charge in [-0.15, -0.1) is 5.10 Å². The Bertz CT molecular complexity index is 1370. The van der Waals surface area contributed by atoms with Crippen molar-refractivity contribution in [3.8, 4) is 16.9 Å². The van der Waals surface area contributed by atoms with Crippen LogP contribution in [0, 0.1) is 17.5 Å². The van der Waals surface area contributed by atoms with Gasteiger partial charge in [0, 0.05) is 11.8 Å². The molecule has 0 saturated heterocycles. The molecular formula is C18H12F3N5O2S. The van der Waals surface area contributed by atoms with E-state index in [1.54, 1.807) is 0 Å². The second kappa shape index (κ2) is 6.55. The van der Waals surface area contributed by atoms with Gasteiger partial charge in [-0.2, -0.15) is 4.98 Å². The molecule has 0 fully saturated rings. The zero-order valence-electron chi connectivity index (χ0n) is 14.8. The average Bonchev–Trinajstić information content (AvgIpc) is 3.00. The van der Waals surface area contributed by atoms with Gasteiger partial charge >= 0.3 is 0 Å². The van der Waals surface area contributed by atoms with Crippen molar-refractivity contribution < 1.29 is 21.6 Å². The van der Waals surface area contributed by atoms with Gasteiger partial charge in [-0.1, -0.05) is 0 Å². The molecule has 4 aromatic rings. The molecule has 2 N–H and O–H groups in total. The maximum Gasteiger partial charge on any atom is 0.249 e. The molecule has 0 spiro atoms. The minimum absolute atomic E-state index is 0.0335. The van der Waals surface area contributed by atoms with Gasteiger partial charge in [-0.3, -0.25) is 0 Å². The molecule has 29 heavy (non-hydrogen) atoms. The Labute approximate surface area is 162 Å². The summed E-state index contributed by atoms with van der Waals surface area (Å²) < 4.78 is 66.6. The number of fused-ring (bicyclic) bond motifs is 1. The highest BCUT2D eigenvalue weighted by atomic mass is 32.2. The van der Waals surface area contributed by atoms with Crippen molar-refractivity contribution in [3.05, 3.63) is 59.9 Å². The van der Waals surface area contributed by atoms with Crippen LogP contribution >= 0.6 is 0 Å². The molecule has 0 aliphatic rings. The lowest BCUT2D eigenvalue weighted by molar-refractivity contribution is 0.592. The molecule has 0 radical (unpaired) electrons. The number of halogens is 3. The third kappa shape index (κ3) is 3.29. The van der Waals surface area contributed by atoms with Gasteiger partial charge < -0.3 is 5.73 Å². The summed E-state index contributed by atoms with van der Waals surface area (Å²) in [6, 6.07) is 7.83. The van der Waals surface area contributed by atoms with Crippen molar-refractivity contribution in [2.75, 3.05) is 12.0 Å². The van der Waals surface area contributed by atoms with E-state index in [0.717, 1.165) is 24.5 Å². The minimum Gasteiger partial charge on any atom is -0.383 e. The molecule has 4 rings (SSSR count). The molecule has 0 unspecified atom stereocenters. The standard InChI is InChI=1S/C18H12F3N5O2S/c1-29(27,28)18-23-15(12-8-10(20)4-7-13(12)21)14-16(22)26(25-17(14)24-18)11-5-2-9(19)3-6-11/h2-8H,22H2,1H3. The summed E-state index contributed by atoms with van der Waals surface area (Å²) in [5.41, 5.74) is 5.85. The first-order valence-corrected chi connectivity index (χ1v) is 10.0. The molecule has 148 valence electrons. The fraction of sp³-hybridized carbons (Fsp3) is 0.0556. The van der Waals surface area contributed by atoms with Crippen LogP contribution in [0.25, 0.3) is 28.0 Å². The lowest BCUT2D eigenvalue weighted by Gasteiger charge is -2.07. The van der Waals surface area contributed by atoms with E-state index in [0.29, 0.717) is 5.69 Å². The highest BCUT2D eigenvalue weighted by molar-refractivity contribution is 7.90. The second-order valence-corrected chi connectivity index (χ2v) is 8.13. The summed E-state index contributed by atoms with van der Waals surface area (Å²) in [4.78, 5) is 7.84. The van der Waals surface area contributed by atoms with Crippen LogP contribution in [0.1, 0.15) is 0 Å². The van der Waals surface area contributed by atoms with Crippen LogP contribution in [-0.4, -0.2) is 34.4 Å². The fourth-order valence-electron chi connectivity index (χ4n) is 2.81. The smallest absolute Gasteiger partial charge is 0.249 e. The number of aromatic nitrogens is 4. The van der Waals surface area contributed by atoms with Crippen molar-refractivity contribution in [2.24, 2.45) is 0 Å². The van der Waals surface area contributed by atoms with Crippen molar-refractivity contribution >= 4 is 26.7 Å². The van der Waals surface area contributed by atoms with Gasteiger partial charge in [-0.25, -0.2) is 31.3 Å². The van der Waals surface area contributed by atoms with Crippen LogP contribution in [0.15, 0.2) is 47.6 Å². The van der Waals surface area contributed by atoms with E-state index in [1.165, 1.54) is 28.9 Å². The lowest BCUT2D eigenvalue weighted by Crippen LogP contribution is -2.06. The molecule has 0 amide bonds. The van der Waals surface area contributed by atoms with E-state index in [4.69, 9.17) is 5.73 Å². The van der Waals surface area contributed by atoms with E-state index in [1.807, 2.05) is 0 Å². The molecular weight excluding hydrogens is 407 g/mol. The van der Waals surface area contributed by atoms with E-state index >= 15 is 0 Å².